The Labute approximate surface area is 95.0 Å². The van der Waals surface area contributed by atoms with Crippen molar-refractivity contribution < 1.29 is 4.79 Å². The third-order valence-corrected chi connectivity index (χ3v) is 2.67. The van der Waals surface area contributed by atoms with E-state index in [-0.39, 0.29) is 0 Å². The first-order chi connectivity index (χ1) is 7.81. The van der Waals surface area contributed by atoms with E-state index in [4.69, 9.17) is 0 Å². The average molecular weight is 211 g/mol. The monoisotopic (exact) mass is 211 g/mol. The quantitative estimate of drug-likeness (QED) is 0.731. The van der Waals surface area contributed by atoms with E-state index in [9.17, 15) is 4.79 Å². The van der Waals surface area contributed by atoms with E-state index in [0.29, 0.717) is 12.0 Å². The Morgan fingerprint density at radius 2 is 2.00 bits per heavy atom. The zero-order valence-electron chi connectivity index (χ0n) is 9.18. The molecule has 2 nitrogen and oxygen atoms in total. The fourth-order valence-electron chi connectivity index (χ4n) is 1.69. The molecule has 80 valence electrons. The van der Waals surface area contributed by atoms with Crippen molar-refractivity contribution in [1.29, 1.82) is 0 Å². The van der Waals surface area contributed by atoms with Crippen LogP contribution in [0.25, 0.3) is 0 Å². The summed E-state index contributed by atoms with van der Waals surface area (Å²) >= 11 is 0. The highest BCUT2D eigenvalue weighted by Gasteiger charge is 2.04. The minimum Gasteiger partial charge on any atom is -0.298 e. The van der Waals surface area contributed by atoms with Crippen molar-refractivity contribution in [3.8, 4) is 0 Å². The molecule has 0 aliphatic carbocycles. The Morgan fingerprint density at radius 3 is 2.75 bits per heavy atom. The second-order valence-corrected chi connectivity index (χ2v) is 3.76. The molecule has 2 heteroatoms. The van der Waals surface area contributed by atoms with Crippen LogP contribution in [0.5, 0.6) is 0 Å². The van der Waals surface area contributed by atoms with Crippen molar-refractivity contribution in [3.63, 3.8) is 0 Å². The van der Waals surface area contributed by atoms with E-state index < -0.39 is 0 Å². The van der Waals surface area contributed by atoms with Crippen molar-refractivity contribution in [1.82, 2.24) is 4.98 Å². The first kappa shape index (κ1) is 10.6. The number of hydrogen-bond donors (Lipinski definition) is 0. The first-order valence-electron chi connectivity index (χ1n) is 5.25. The minimum atomic E-state index is 0.672. The molecule has 0 amide bonds. The smallest absolute Gasteiger partial charge is 0.151 e. The number of benzene rings is 1. The van der Waals surface area contributed by atoms with Gasteiger partial charge in [0.05, 0.1) is 5.69 Å². The molecule has 0 saturated carbocycles. The molecule has 2 rings (SSSR count). The standard InChI is InChI=1S/C14H13NO/c1-11-5-2-3-6-12(11)9-14-13(10-16)7-4-8-15-14/h2-8,10H,9H2,1H3. The van der Waals surface area contributed by atoms with E-state index in [1.165, 1.54) is 11.1 Å². The van der Waals surface area contributed by atoms with E-state index in [1.807, 2.05) is 12.1 Å². The van der Waals surface area contributed by atoms with Gasteiger partial charge < -0.3 is 0 Å². The lowest BCUT2D eigenvalue weighted by atomic mass is 10.0. The number of aryl methyl sites for hydroxylation is 1. The molecule has 1 heterocycles. The van der Waals surface area contributed by atoms with Crippen molar-refractivity contribution >= 4 is 6.29 Å². The first-order valence-corrected chi connectivity index (χ1v) is 5.25. The maximum atomic E-state index is 10.9. The maximum absolute atomic E-state index is 10.9. The number of carbonyl (C=O) groups excluding carboxylic acids is 1. The second kappa shape index (κ2) is 4.71. The predicted octanol–water partition coefficient (Wildman–Crippen LogP) is 2.79. The van der Waals surface area contributed by atoms with Crippen molar-refractivity contribution in [2.75, 3.05) is 0 Å². The number of pyridine rings is 1. The van der Waals surface area contributed by atoms with Gasteiger partial charge in [0, 0.05) is 18.2 Å². The van der Waals surface area contributed by atoms with Gasteiger partial charge in [0.15, 0.2) is 6.29 Å². The van der Waals surface area contributed by atoms with Gasteiger partial charge in [0.1, 0.15) is 0 Å². The highest BCUT2D eigenvalue weighted by atomic mass is 16.1. The molecule has 0 unspecified atom stereocenters. The lowest BCUT2D eigenvalue weighted by Crippen LogP contribution is -1.99. The van der Waals surface area contributed by atoms with Gasteiger partial charge in [-0.1, -0.05) is 24.3 Å². The average Bonchev–Trinajstić information content (AvgIpc) is 2.33. The SMILES string of the molecule is Cc1ccccc1Cc1ncccc1C=O. The third kappa shape index (κ3) is 2.16. The predicted molar refractivity (Wildman–Crippen MR) is 63.6 cm³/mol. The molecule has 2 aromatic rings. The lowest BCUT2D eigenvalue weighted by Gasteiger charge is -2.06. The Bertz CT molecular complexity index is 506. The van der Waals surface area contributed by atoms with Crippen LogP contribution in [0.4, 0.5) is 0 Å². The van der Waals surface area contributed by atoms with Gasteiger partial charge in [-0.05, 0) is 30.2 Å². The summed E-state index contributed by atoms with van der Waals surface area (Å²) in [5.74, 6) is 0. The Morgan fingerprint density at radius 1 is 1.19 bits per heavy atom. The van der Waals surface area contributed by atoms with Crippen LogP contribution in [0.3, 0.4) is 0 Å². The molecule has 0 N–H and O–H groups in total. The molecule has 1 aromatic heterocycles. The van der Waals surface area contributed by atoms with E-state index in [2.05, 4.69) is 24.0 Å². The van der Waals surface area contributed by atoms with Crippen molar-refractivity contribution in [3.05, 3.63) is 65.0 Å². The Balaban J connectivity index is 2.34. The summed E-state index contributed by atoms with van der Waals surface area (Å²) in [6, 6.07) is 11.7. The van der Waals surface area contributed by atoms with Crippen molar-refractivity contribution in [2.24, 2.45) is 0 Å². The number of aromatic nitrogens is 1. The van der Waals surface area contributed by atoms with Crippen LogP contribution in [0, 0.1) is 6.92 Å². The van der Waals surface area contributed by atoms with Crippen LogP contribution in [-0.4, -0.2) is 11.3 Å². The molecular weight excluding hydrogens is 198 g/mol. The molecule has 1 aromatic carbocycles. The number of carbonyl (C=O) groups is 1. The molecule has 0 fully saturated rings. The van der Waals surface area contributed by atoms with Gasteiger partial charge in [-0.2, -0.15) is 0 Å². The molecule has 0 aliphatic rings. The van der Waals surface area contributed by atoms with Crippen molar-refractivity contribution in [2.45, 2.75) is 13.3 Å². The van der Waals surface area contributed by atoms with E-state index in [0.717, 1.165) is 12.0 Å². The zero-order chi connectivity index (χ0) is 11.4. The summed E-state index contributed by atoms with van der Waals surface area (Å²) in [6.45, 7) is 2.07. The van der Waals surface area contributed by atoms with Gasteiger partial charge in [0.2, 0.25) is 0 Å². The van der Waals surface area contributed by atoms with E-state index in [1.54, 1.807) is 18.3 Å². The largest absolute Gasteiger partial charge is 0.298 e. The Hall–Kier alpha value is -1.96. The fourth-order valence-corrected chi connectivity index (χ4v) is 1.69. The molecular formula is C14H13NO. The molecule has 0 aliphatic heterocycles. The van der Waals surface area contributed by atoms with Gasteiger partial charge in [-0.25, -0.2) is 0 Å². The van der Waals surface area contributed by atoms with Crippen LogP contribution < -0.4 is 0 Å². The third-order valence-electron chi connectivity index (χ3n) is 2.67. The number of hydrogen-bond acceptors (Lipinski definition) is 2. The summed E-state index contributed by atoms with van der Waals surface area (Å²) in [4.78, 5) is 15.1. The highest BCUT2D eigenvalue weighted by molar-refractivity contribution is 5.76. The number of rotatable bonds is 3. The van der Waals surface area contributed by atoms with Gasteiger partial charge in [-0.3, -0.25) is 9.78 Å². The minimum absolute atomic E-state index is 0.672. The van der Waals surface area contributed by atoms with Crippen LogP contribution in [0.15, 0.2) is 42.6 Å². The van der Waals surface area contributed by atoms with Gasteiger partial charge in [0.25, 0.3) is 0 Å². The molecule has 0 radical (unpaired) electrons. The molecule has 16 heavy (non-hydrogen) atoms. The van der Waals surface area contributed by atoms with Crippen LogP contribution in [-0.2, 0) is 6.42 Å². The normalized spacial score (nSPS) is 10.1. The van der Waals surface area contributed by atoms with Crippen LogP contribution in [0.1, 0.15) is 27.2 Å². The summed E-state index contributed by atoms with van der Waals surface area (Å²) in [5, 5.41) is 0. The second-order valence-electron chi connectivity index (χ2n) is 3.76. The number of nitrogens with zero attached hydrogens (tertiary/aromatic N) is 1. The Kier molecular flexibility index (Phi) is 3.10. The fraction of sp³-hybridized carbons (Fsp3) is 0.143. The molecule has 0 saturated heterocycles. The van der Waals surface area contributed by atoms with Gasteiger partial charge in [-0.15, -0.1) is 0 Å². The van der Waals surface area contributed by atoms with E-state index >= 15 is 0 Å². The van der Waals surface area contributed by atoms with Gasteiger partial charge >= 0.3 is 0 Å². The van der Waals surface area contributed by atoms with Crippen LogP contribution in [0.2, 0.25) is 0 Å². The highest BCUT2D eigenvalue weighted by Crippen LogP contribution is 2.13. The summed E-state index contributed by atoms with van der Waals surface area (Å²) in [5.41, 5.74) is 3.95. The lowest BCUT2D eigenvalue weighted by molar-refractivity contribution is 0.112. The zero-order valence-corrected chi connectivity index (χ0v) is 9.18. The molecule has 0 bridgehead atoms. The summed E-state index contributed by atoms with van der Waals surface area (Å²) in [7, 11) is 0. The maximum Gasteiger partial charge on any atom is 0.151 e. The number of aldehydes is 1. The topological polar surface area (TPSA) is 30.0 Å². The molecule has 0 atom stereocenters. The van der Waals surface area contributed by atoms with Crippen LogP contribution >= 0.6 is 0 Å². The summed E-state index contributed by atoms with van der Waals surface area (Å²) < 4.78 is 0. The molecule has 0 spiro atoms. The summed E-state index contributed by atoms with van der Waals surface area (Å²) in [6.07, 6.45) is 3.29.